The van der Waals surface area contributed by atoms with Crippen LogP contribution in [0, 0.1) is 12.8 Å². The second-order valence-electron chi connectivity index (χ2n) is 7.58. The molecule has 2 fully saturated rings. The fourth-order valence-electron chi connectivity index (χ4n) is 4.13. The van der Waals surface area contributed by atoms with Crippen molar-refractivity contribution in [2.24, 2.45) is 5.92 Å². The van der Waals surface area contributed by atoms with Gasteiger partial charge in [-0.05, 0) is 26.3 Å². The van der Waals surface area contributed by atoms with E-state index >= 15 is 0 Å². The molecule has 0 saturated carbocycles. The van der Waals surface area contributed by atoms with Gasteiger partial charge in [-0.3, -0.25) is 4.90 Å². The molecule has 2 aliphatic heterocycles. The number of nitrogens with zero attached hydrogens (tertiary/aromatic N) is 4. The van der Waals surface area contributed by atoms with E-state index in [4.69, 9.17) is 18.4 Å². The zero-order valence-corrected chi connectivity index (χ0v) is 16.4. The van der Waals surface area contributed by atoms with Gasteiger partial charge in [0.25, 0.3) is 5.89 Å². The van der Waals surface area contributed by atoms with Crippen LogP contribution < -0.4 is 0 Å². The van der Waals surface area contributed by atoms with Crippen LogP contribution in [0.2, 0.25) is 0 Å². The van der Waals surface area contributed by atoms with Crippen molar-refractivity contribution in [1.29, 1.82) is 0 Å². The van der Waals surface area contributed by atoms with E-state index in [2.05, 4.69) is 20.3 Å². The number of likely N-dealkylation sites (tertiary alicyclic amines) is 1. The van der Waals surface area contributed by atoms with Gasteiger partial charge in [-0.1, -0.05) is 35.5 Å². The first-order chi connectivity index (χ1) is 14.3. The number of benzene rings is 1. The average Bonchev–Trinajstić information content (AvgIpc) is 3.50. The first-order valence-electron chi connectivity index (χ1n) is 10.1. The molecule has 2 aliphatic rings. The molecule has 3 aromatic rings. The van der Waals surface area contributed by atoms with Crippen molar-refractivity contribution in [1.82, 2.24) is 20.3 Å². The van der Waals surface area contributed by atoms with Crippen LogP contribution in [-0.4, -0.2) is 52.8 Å². The van der Waals surface area contributed by atoms with Gasteiger partial charge in [-0.15, -0.1) is 10.2 Å². The molecule has 0 radical (unpaired) electrons. The zero-order valence-electron chi connectivity index (χ0n) is 16.4. The summed E-state index contributed by atoms with van der Waals surface area (Å²) in [7, 11) is 0. The van der Waals surface area contributed by atoms with Gasteiger partial charge in [0, 0.05) is 18.0 Å². The summed E-state index contributed by atoms with van der Waals surface area (Å²) in [5.41, 5.74) is 2.42. The van der Waals surface area contributed by atoms with E-state index in [0.717, 1.165) is 37.1 Å². The van der Waals surface area contributed by atoms with Crippen LogP contribution in [0.15, 0.2) is 39.3 Å². The first-order valence-corrected chi connectivity index (χ1v) is 10.1. The number of ether oxygens (including phenoxy) is 2. The number of hydrogen-bond acceptors (Lipinski definition) is 8. The van der Waals surface area contributed by atoms with Gasteiger partial charge in [0.1, 0.15) is 17.0 Å². The summed E-state index contributed by atoms with van der Waals surface area (Å²) in [4.78, 5) is 2.33. The highest BCUT2D eigenvalue weighted by molar-refractivity contribution is 5.77. The smallest absolute Gasteiger partial charge is 0.253 e. The molecular weight excluding hydrogens is 372 g/mol. The van der Waals surface area contributed by atoms with Crippen LogP contribution in [0.25, 0.3) is 22.7 Å². The summed E-state index contributed by atoms with van der Waals surface area (Å²) in [5.74, 6) is 2.08. The lowest BCUT2D eigenvalue weighted by molar-refractivity contribution is -0.101. The molecule has 1 unspecified atom stereocenters. The second kappa shape index (κ2) is 8.06. The number of hydrogen-bond donors (Lipinski definition) is 0. The summed E-state index contributed by atoms with van der Waals surface area (Å²) >= 11 is 0. The third-order valence-corrected chi connectivity index (χ3v) is 5.52. The number of aryl methyl sites for hydroxylation is 1. The Balaban J connectivity index is 1.32. The number of piperidine rings is 1. The van der Waals surface area contributed by atoms with Crippen LogP contribution in [-0.2, 0) is 16.0 Å². The Labute approximate surface area is 168 Å². The minimum Gasteiger partial charge on any atom is -0.419 e. The maximum Gasteiger partial charge on any atom is 0.253 e. The van der Waals surface area contributed by atoms with Gasteiger partial charge < -0.3 is 18.4 Å². The van der Waals surface area contributed by atoms with Crippen LogP contribution in [0.3, 0.4) is 0 Å². The quantitative estimate of drug-likeness (QED) is 0.649. The highest BCUT2D eigenvalue weighted by atomic mass is 16.7. The Morgan fingerprint density at radius 3 is 2.76 bits per heavy atom. The molecule has 0 amide bonds. The largest absolute Gasteiger partial charge is 0.419 e. The van der Waals surface area contributed by atoms with Crippen molar-refractivity contribution in [2.75, 3.05) is 26.3 Å². The van der Waals surface area contributed by atoms with E-state index in [-0.39, 0.29) is 6.29 Å². The Morgan fingerprint density at radius 1 is 1.10 bits per heavy atom. The third-order valence-electron chi connectivity index (χ3n) is 5.52. The molecule has 8 nitrogen and oxygen atoms in total. The zero-order chi connectivity index (χ0) is 19.6. The molecule has 1 atom stereocenters. The van der Waals surface area contributed by atoms with Gasteiger partial charge in [0.05, 0.1) is 19.8 Å². The van der Waals surface area contributed by atoms with Crippen LogP contribution in [0.5, 0.6) is 0 Å². The fourth-order valence-corrected chi connectivity index (χ4v) is 4.13. The van der Waals surface area contributed by atoms with Crippen LogP contribution in [0.4, 0.5) is 0 Å². The molecule has 0 N–H and O–H groups in total. The first kappa shape index (κ1) is 18.5. The standard InChI is InChI=1S/C21H24N4O4/c1-14-18(19(24-29-14)15-6-3-2-4-7-15)20-23-22-17(28-20)13-25-9-5-8-16(12-25)21-26-10-11-27-21/h2-4,6-7,16,21H,5,8-13H2,1H3. The van der Waals surface area contributed by atoms with Gasteiger partial charge in [-0.2, -0.15) is 0 Å². The number of rotatable bonds is 5. The molecule has 152 valence electrons. The van der Waals surface area contributed by atoms with E-state index in [1.54, 1.807) is 0 Å². The third kappa shape index (κ3) is 3.83. The lowest BCUT2D eigenvalue weighted by Gasteiger charge is -2.33. The molecular formula is C21H24N4O4. The van der Waals surface area contributed by atoms with E-state index in [1.807, 2.05) is 37.3 Å². The Bertz CT molecular complexity index is 949. The van der Waals surface area contributed by atoms with E-state index in [0.29, 0.717) is 48.9 Å². The predicted octanol–water partition coefficient (Wildman–Crippen LogP) is 3.28. The predicted molar refractivity (Wildman–Crippen MR) is 104 cm³/mol. The Hall–Kier alpha value is -2.55. The molecule has 4 heterocycles. The highest BCUT2D eigenvalue weighted by Gasteiger charge is 2.32. The van der Waals surface area contributed by atoms with Crippen molar-refractivity contribution >= 4 is 0 Å². The minimum atomic E-state index is -0.0795. The molecule has 29 heavy (non-hydrogen) atoms. The minimum absolute atomic E-state index is 0.0795. The van der Waals surface area contributed by atoms with Crippen LogP contribution >= 0.6 is 0 Å². The topological polar surface area (TPSA) is 86.7 Å². The highest BCUT2D eigenvalue weighted by Crippen LogP contribution is 2.33. The van der Waals surface area contributed by atoms with Crippen molar-refractivity contribution < 1.29 is 18.4 Å². The molecule has 2 saturated heterocycles. The van der Waals surface area contributed by atoms with E-state index in [9.17, 15) is 0 Å². The van der Waals surface area contributed by atoms with Crippen molar-refractivity contribution in [3.05, 3.63) is 42.0 Å². The molecule has 1 aromatic carbocycles. The van der Waals surface area contributed by atoms with Gasteiger partial charge in [0.15, 0.2) is 6.29 Å². The van der Waals surface area contributed by atoms with Gasteiger partial charge in [-0.25, -0.2) is 0 Å². The Kier molecular flexibility index (Phi) is 5.13. The lowest BCUT2D eigenvalue weighted by Crippen LogP contribution is -2.40. The number of aromatic nitrogens is 3. The Morgan fingerprint density at radius 2 is 1.93 bits per heavy atom. The van der Waals surface area contributed by atoms with Crippen molar-refractivity contribution in [3.8, 4) is 22.7 Å². The molecule has 8 heteroatoms. The van der Waals surface area contributed by atoms with Gasteiger partial charge >= 0.3 is 0 Å². The maximum atomic E-state index is 6.01. The summed E-state index contributed by atoms with van der Waals surface area (Å²) in [6, 6.07) is 9.87. The van der Waals surface area contributed by atoms with Crippen molar-refractivity contribution in [2.45, 2.75) is 32.6 Å². The maximum absolute atomic E-state index is 6.01. The normalized spacial score (nSPS) is 21.1. The molecule has 2 aromatic heterocycles. The summed E-state index contributed by atoms with van der Waals surface area (Å²) in [6.45, 7) is 5.76. The summed E-state index contributed by atoms with van der Waals surface area (Å²) in [6.07, 6.45) is 2.15. The van der Waals surface area contributed by atoms with Gasteiger partial charge in [0.2, 0.25) is 5.89 Å². The SMILES string of the molecule is Cc1onc(-c2ccccc2)c1-c1nnc(CN2CCCC(C3OCCO3)C2)o1. The molecule has 5 rings (SSSR count). The average molecular weight is 396 g/mol. The van der Waals surface area contributed by atoms with E-state index in [1.165, 1.54) is 0 Å². The molecule has 0 spiro atoms. The molecule has 0 bridgehead atoms. The lowest BCUT2D eigenvalue weighted by atomic mass is 9.97. The fraction of sp³-hybridized carbons (Fsp3) is 0.476. The van der Waals surface area contributed by atoms with E-state index < -0.39 is 0 Å². The summed E-state index contributed by atoms with van der Waals surface area (Å²) < 4.78 is 22.8. The van der Waals surface area contributed by atoms with Crippen molar-refractivity contribution in [3.63, 3.8) is 0 Å². The summed E-state index contributed by atoms with van der Waals surface area (Å²) in [5, 5.41) is 12.7. The monoisotopic (exact) mass is 396 g/mol. The molecule has 0 aliphatic carbocycles. The van der Waals surface area contributed by atoms with Crippen LogP contribution in [0.1, 0.15) is 24.5 Å². The second-order valence-corrected chi connectivity index (χ2v) is 7.58.